The molecule has 0 saturated heterocycles. The molecule has 0 atom stereocenters. The summed E-state index contributed by atoms with van der Waals surface area (Å²) in [4.78, 5) is 13.4. The third-order valence-electron chi connectivity index (χ3n) is 5.31. The third-order valence-corrected chi connectivity index (χ3v) is 5.31. The fourth-order valence-corrected chi connectivity index (χ4v) is 3.68. The van der Waals surface area contributed by atoms with Gasteiger partial charge in [0.2, 0.25) is 0 Å². The summed E-state index contributed by atoms with van der Waals surface area (Å²) in [7, 11) is 1.63. The summed E-state index contributed by atoms with van der Waals surface area (Å²) in [6.45, 7) is 8.46. The van der Waals surface area contributed by atoms with Crippen molar-refractivity contribution in [3.05, 3.63) is 94.5 Å². The van der Waals surface area contributed by atoms with Crippen LogP contribution in [-0.4, -0.2) is 13.1 Å². The van der Waals surface area contributed by atoms with Crippen molar-refractivity contribution in [2.75, 3.05) is 7.11 Å². The van der Waals surface area contributed by atoms with Crippen LogP contribution in [0.5, 0.6) is 11.5 Å². The number of esters is 1. The van der Waals surface area contributed by atoms with E-state index in [4.69, 9.17) is 9.47 Å². The van der Waals surface area contributed by atoms with Crippen molar-refractivity contribution in [3.8, 4) is 11.5 Å². The SMILES string of the molecule is COc1cccc(C(=O)Oc2c(C(C)C)cccc2C(C)C)c1Cc1ccccc1. The summed E-state index contributed by atoms with van der Waals surface area (Å²) in [6.07, 6.45) is 0.595. The smallest absolute Gasteiger partial charge is 0.343 e. The largest absolute Gasteiger partial charge is 0.496 e. The lowest BCUT2D eigenvalue weighted by molar-refractivity contribution is 0.0729. The summed E-state index contributed by atoms with van der Waals surface area (Å²) < 4.78 is 11.6. The second-order valence-electron chi connectivity index (χ2n) is 8.11. The van der Waals surface area contributed by atoms with Crippen molar-refractivity contribution < 1.29 is 14.3 Å². The van der Waals surface area contributed by atoms with Gasteiger partial charge >= 0.3 is 5.97 Å². The molecule has 0 N–H and O–H groups in total. The molecule has 0 bridgehead atoms. The molecule has 3 aromatic rings. The molecule has 0 aliphatic heterocycles. The van der Waals surface area contributed by atoms with Gasteiger partial charge in [-0.2, -0.15) is 0 Å². The van der Waals surface area contributed by atoms with E-state index >= 15 is 0 Å². The van der Waals surface area contributed by atoms with Gasteiger partial charge in [0.25, 0.3) is 0 Å². The first-order chi connectivity index (χ1) is 14.4. The zero-order chi connectivity index (χ0) is 21.7. The van der Waals surface area contributed by atoms with Crippen LogP contribution < -0.4 is 9.47 Å². The van der Waals surface area contributed by atoms with E-state index in [0.717, 1.165) is 22.3 Å². The van der Waals surface area contributed by atoms with Crippen molar-refractivity contribution in [2.45, 2.75) is 46.0 Å². The van der Waals surface area contributed by atoms with E-state index in [1.54, 1.807) is 7.11 Å². The second kappa shape index (κ2) is 9.62. The maximum absolute atomic E-state index is 13.4. The van der Waals surface area contributed by atoms with E-state index in [1.807, 2.05) is 66.7 Å². The van der Waals surface area contributed by atoms with E-state index in [-0.39, 0.29) is 17.8 Å². The molecule has 3 rings (SSSR count). The van der Waals surface area contributed by atoms with Gasteiger partial charge in [-0.15, -0.1) is 0 Å². The molecule has 0 aliphatic rings. The van der Waals surface area contributed by atoms with E-state index < -0.39 is 0 Å². The molecule has 0 aliphatic carbocycles. The van der Waals surface area contributed by atoms with Gasteiger partial charge in [0, 0.05) is 12.0 Å². The Kier molecular flexibility index (Phi) is 6.94. The summed E-state index contributed by atoms with van der Waals surface area (Å²) in [6, 6.07) is 21.7. The van der Waals surface area contributed by atoms with Crippen LogP contribution in [0.25, 0.3) is 0 Å². The Morgan fingerprint density at radius 3 is 1.97 bits per heavy atom. The number of rotatable bonds is 7. The Morgan fingerprint density at radius 2 is 1.40 bits per heavy atom. The monoisotopic (exact) mass is 402 g/mol. The lowest BCUT2D eigenvalue weighted by Crippen LogP contribution is -2.15. The molecule has 3 heteroatoms. The van der Waals surface area contributed by atoms with Crippen LogP contribution in [0.1, 0.15) is 72.1 Å². The van der Waals surface area contributed by atoms with Gasteiger partial charge in [-0.25, -0.2) is 4.79 Å². The van der Waals surface area contributed by atoms with Gasteiger partial charge < -0.3 is 9.47 Å². The Bertz CT molecular complexity index is 978. The number of methoxy groups -OCH3 is 1. The predicted octanol–water partition coefficient (Wildman–Crippen LogP) is 6.75. The number of ether oxygens (including phenoxy) is 2. The van der Waals surface area contributed by atoms with Crippen LogP contribution in [0, 0.1) is 0 Å². The molecule has 0 aromatic heterocycles. The average Bonchev–Trinajstić information content (AvgIpc) is 2.74. The Labute approximate surface area is 179 Å². The number of carbonyl (C=O) groups excluding carboxylic acids is 1. The first-order valence-corrected chi connectivity index (χ1v) is 10.5. The predicted molar refractivity (Wildman–Crippen MR) is 122 cm³/mol. The van der Waals surface area contributed by atoms with Crippen LogP contribution in [-0.2, 0) is 6.42 Å². The van der Waals surface area contributed by atoms with Crippen molar-refractivity contribution in [1.29, 1.82) is 0 Å². The number of carbonyl (C=O) groups is 1. The van der Waals surface area contributed by atoms with Gasteiger partial charge in [0.05, 0.1) is 12.7 Å². The van der Waals surface area contributed by atoms with Crippen molar-refractivity contribution >= 4 is 5.97 Å². The lowest BCUT2D eigenvalue weighted by atomic mass is 9.94. The van der Waals surface area contributed by atoms with E-state index in [9.17, 15) is 4.79 Å². The maximum atomic E-state index is 13.4. The molecule has 0 radical (unpaired) electrons. The van der Waals surface area contributed by atoms with Gasteiger partial charge in [0.1, 0.15) is 11.5 Å². The zero-order valence-electron chi connectivity index (χ0n) is 18.4. The van der Waals surface area contributed by atoms with Crippen molar-refractivity contribution in [3.63, 3.8) is 0 Å². The molecular weight excluding hydrogens is 372 g/mol. The molecule has 0 spiro atoms. The summed E-state index contributed by atoms with van der Waals surface area (Å²) >= 11 is 0. The Balaban J connectivity index is 2.03. The number of benzene rings is 3. The van der Waals surface area contributed by atoms with Crippen molar-refractivity contribution in [2.24, 2.45) is 0 Å². The highest BCUT2D eigenvalue weighted by molar-refractivity contribution is 5.94. The number of hydrogen-bond donors (Lipinski definition) is 0. The Morgan fingerprint density at radius 1 is 0.800 bits per heavy atom. The molecule has 156 valence electrons. The minimum Gasteiger partial charge on any atom is -0.496 e. The summed E-state index contributed by atoms with van der Waals surface area (Å²) in [5.41, 5.74) is 4.57. The van der Waals surface area contributed by atoms with Gasteiger partial charge in [-0.3, -0.25) is 0 Å². The fraction of sp³-hybridized carbons (Fsp3) is 0.296. The van der Waals surface area contributed by atoms with Crippen molar-refractivity contribution in [1.82, 2.24) is 0 Å². The molecule has 0 heterocycles. The normalized spacial score (nSPS) is 11.0. The summed E-state index contributed by atoms with van der Waals surface area (Å²) in [5, 5.41) is 0. The van der Waals surface area contributed by atoms with Crippen LogP contribution in [0.2, 0.25) is 0 Å². The first-order valence-electron chi connectivity index (χ1n) is 10.5. The minimum atomic E-state index is -0.352. The average molecular weight is 403 g/mol. The standard InChI is InChI=1S/C27H30O3/c1-18(2)21-13-9-14-22(19(3)4)26(21)30-27(28)23-15-10-16-25(29-5)24(23)17-20-11-7-6-8-12-20/h6-16,18-19H,17H2,1-5H3. The van der Waals surface area contributed by atoms with E-state index in [0.29, 0.717) is 23.5 Å². The highest BCUT2D eigenvalue weighted by Crippen LogP contribution is 2.35. The maximum Gasteiger partial charge on any atom is 0.343 e. The van der Waals surface area contributed by atoms with Crippen LogP contribution in [0.4, 0.5) is 0 Å². The lowest BCUT2D eigenvalue weighted by Gasteiger charge is -2.20. The van der Waals surface area contributed by atoms with Gasteiger partial charge in [-0.1, -0.05) is 82.3 Å². The third kappa shape index (κ3) is 4.73. The van der Waals surface area contributed by atoms with E-state index in [2.05, 4.69) is 27.7 Å². The molecule has 0 fully saturated rings. The molecular formula is C27H30O3. The zero-order valence-corrected chi connectivity index (χ0v) is 18.4. The van der Waals surface area contributed by atoms with Crippen LogP contribution >= 0.6 is 0 Å². The minimum absolute atomic E-state index is 0.251. The highest BCUT2D eigenvalue weighted by Gasteiger charge is 2.22. The highest BCUT2D eigenvalue weighted by atomic mass is 16.5. The van der Waals surface area contributed by atoms with Gasteiger partial charge in [0.15, 0.2) is 0 Å². The molecule has 3 aromatic carbocycles. The molecule has 30 heavy (non-hydrogen) atoms. The molecule has 3 nitrogen and oxygen atoms in total. The second-order valence-corrected chi connectivity index (χ2v) is 8.11. The first kappa shape index (κ1) is 21.6. The topological polar surface area (TPSA) is 35.5 Å². The number of hydrogen-bond acceptors (Lipinski definition) is 3. The fourth-order valence-electron chi connectivity index (χ4n) is 3.68. The number of para-hydroxylation sites is 1. The summed E-state index contributed by atoms with van der Waals surface area (Å²) in [5.74, 6) is 1.52. The van der Waals surface area contributed by atoms with Crippen LogP contribution in [0.15, 0.2) is 66.7 Å². The molecule has 0 amide bonds. The molecule has 0 saturated carbocycles. The quantitative estimate of drug-likeness (QED) is 0.324. The van der Waals surface area contributed by atoms with E-state index in [1.165, 1.54) is 0 Å². The van der Waals surface area contributed by atoms with Crippen LogP contribution in [0.3, 0.4) is 0 Å². The van der Waals surface area contributed by atoms with Gasteiger partial charge in [-0.05, 0) is 40.7 Å². The molecule has 0 unspecified atom stereocenters. The Hall–Kier alpha value is -3.07.